The van der Waals surface area contributed by atoms with Crippen LogP contribution in [0.15, 0.2) is 28.7 Å². The van der Waals surface area contributed by atoms with Gasteiger partial charge in [-0.3, -0.25) is 4.99 Å². The highest BCUT2D eigenvalue weighted by Gasteiger charge is 2.46. The van der Waals surface area contributed by atoms with E-state index in [2.05, 4.69) is 27.0 Å². The lowest BCUT2D eigenvalue weighted by molar-refractivity contribution is -0.239. The Balaban J connectivity index is 1.49. The molecule has 32 heavy (non-hydrogen) atoms. The van der Waals surface area contributed by atoms with Gasteiger partial charge in [-0.05, 0) is 56.4 Å². The molecule has 2 aromatic heterocycles. The van der Waals surface area contributed by atoms with Gasteiger partial charge in [0.1, 0.15) is 5.82 Å². The van der Waals surface area contributed by atoms with Crippen LogP contribution in [0.3, 0.4) is 0 Å². The van der Waals surface area contributed by atoms with Gasteiger partial charge >= 0.3 is 6.18 Å². The van der Waals surface area contributed by atoms with Crippen LogP contribution in [0.5, 0.6) is 0 Å². The number of thioether (sulfide) groups is 1. The van der Waals surface area contributed by atoms with Gasteiger partial charge in [0, 0.05) is 6.20 Å². The van der Waals surface area contributed by atoms with Crippen molar-refractivity contribution in [3.63, 3.8) is 0 Å². The average Bonchev–Trinajstić information content (AvgIpc) is 3.38. The summed E-state index contributed by atoms with van der Waals surface area (Å²) in [6.07, 6.45) is -1.68. The van der Waals surface area contributed by atoms with E-state index in [1.165, 1.54) is 11.8 Å². The van der Waals surface area contributed by atoms with Crippen molar-refractivity contribution >= 4 is 41.3 Å². The Morgan fingerprint density at radius 1 is 1.38 bits per heavy atom. The molecule has 0 aromatic carbocycles. The second-order valence-electron chi connectivity index (χ2n) is 7.67. The molecule has 1 saturated carbocycles. The number of aromatic nitrogens is 2. The summed E-state index contributed by atoms with van der Waals surface area (Å²) in [5, 5.41) is 6.07. The van der Waals surface area contributed by atoms with Gasteiger partial charge in [0.2, 0.25) is 0 Å². The molecule has 1 fully saturated rings. The second-order valence-corrected chi connectivity index (χ2v) is 9.73. The smallest absolute Gasteiger partial charge is 0.364 e. The topological polar surface area (TPSA) is 59.4 Å². The van der Waals surface area contributed by atoms with Crippen molar-refractivity contribution in [2.75, 3.05) is 11.2 Å². The van der Waals surface area contributed by atoms with E-state index in [0.29, 0.717) is 30.1 Å². The van der Waals surface area contributed by atoms with Gasteiger partial charge in [0.05, 0.1) is 33.8 Å². The van der Waals surface area contributed by atoms with Crippen molar-refractivity contribution in [1.82, 2.24) is 9.97 Å². The van der Waals surface area contributed by atoms with Crippen molar-refractivity contribution in [2.24, 2.45) is 10.9 Å². The third kappa shape index (κ3) is 6.79. The van der Waals surface area contributed by atoms with Crippen molar-refractivity contribution in [2.45, 2.75) is 58.4 Å². The summed E-state index contributed by atoms with van der Waals surface area (Å²) in [7, 11) is 0. The average molecular weight is 485 g/mol. The molecule has 1 atom stereocenters. The number of anilines is 1. The van der Waals surface area contributed by atoms with Gasteiger partial charge in [-0.15, -0.1) is 23.1 Å². The van der Waals surface area contributed by atoms with Gasteiger partial charge in [-0.2, -0.15) is 13.2 Å². The zero-order valence-corrected chi connectivity index (χ0v) is 19.7. The van der Waals surface area contributed by atoms with E-state index in [4.69, 9.17) is 4.74 Å². The van der Waals surface area contributed by atoms with Crippen molar-refractivity contribution in [3.05, 3.63) is 44.9 Å². The summed E-state index contributed by atoms with van der Waals surface area (Å²) in [4.78, 5) is 13.8. The molecule has 0 bridgehead atoms. The van der Waals surface area contributed by atoms with Gasteiger partial charge in [-0.25, -0.2) is 9.97 Å². The highest BCUT2D eigenvalue weighted by Crippen LogP contribution is 2.38. The van der Waals surface area contributed by atoms with Crippen molar-refractivity contribution in [1.29, 1.82) is 0 Å². The Hall–Kier alpha value is -1.91. The maximum absolute atomic E-state index is 13.4. The molecule has 174 valence electrons. The minimum absolute atomic E-state index is 0.104. The molecular formula is C22H27F3N4OS2. The summed E-state index contributed by atoms with van der Waals surface area (Å²) in [6.45, 7) is 7.43. The molecule has 1 N–H and O–H groups in total. The molecule has 10 heteroatoms. The minimum Gasteiger partial charge on any atom is -0.364 e. The molecule has 2 aromatic rings. The molecule has 1 aliphatic rings. The Morgan fingerprint density at radius 2 is 2.12 bits per heavy atom. The predicted octanol–water partition coefficient (Wildman–Crippen LogP) is 6.59. The quantitative estimate of drug-likeness (QED) is 0.234. The van der Waals surface area contributed by atoms with Crippen LogP contribution < -0.4 is 5.32 Å². The number of hydrogen-bond donors (Lipinski definition) is 1. The van der Waals surface area contributed by atoms with E-state index in [1.54, 1.807) is 29.7 Å². The van der Waals surface area contributed by atoms with E-state index in [0.717, 1.165) is 34.1 Å². The van der Waals surface area contributed by atoms with Crippen molar-refractivity contribution < 1.29 is 17.9 Å². The van der Waals surface area contributed by atoms with Crippen molar-refractivity contribution in [3.8, 4) is 0 Å². The van der Waals surface area contributed by atoms with E-state index >= 15 is 0 Å². The molecule has 0 spiro atoms. The zero-order valence-electron chi connectivity index (χ0n) is 18.1. The SMILES string of the molecule is C=N/C(=C\SCNc1ccc(COC(C2CCCC2)C(F)(F)F)cn1)c1sc(C)nc1C. The van der Waals surface area contributed by atoms with Crippen LogP contribution in [0.25, 0.3) is 5.70 Å². The fourth-order valence-electron chi connectivity index (χ4n) is 3.73. The molecule has 0 aliphatic heterocycles. The molecular weight excluding hydrogens is 457 g/mol. The molecule has 0 amide bonds. The van der Waals surface area contributed by atoms with Crippen LogP contribution in [-0.4, -0.2) is 34.8 Å². The van der Waals surface area contributed by atoms with Crippen LogP contribution in [0, 0.1) is 19.8 Å². The molecule has 1 unspecified atom stereocenters. The summed E-state index contributed by atoms with van der Waals surface area (Å²) in [6, 6.07) is 3.47. The first-order chi connectivity index (χ1) is 15.3. The number of aliphatic imine (C=N–C) groups is 1. The molecule has 0 saturated heterocycles. The standard InChI is InChI=1S/C22H27F3N4OS2/c1-14-20(32-15(2)29-14)18(26-3)12-31-13-28-19-9-8-16(10-27-19)11-30-21(22(23,24)25)17-6-4-5-7-17/h8-10,12,17,21H,3-7,11,13H2,1-2H3,(H,27,28)/b18-12-. The molecule has 5 nitrogen and oxygen atoms in total. The number of hydrogen-bond acceptors (Lipinski definition) is 7. The molecule has 3 rings (SSSR count). The highest BCUT2D eigenvalue weighted by atomic mass is 32.2. The molecule has 1 aliphatic carbocycles. The number of thiazole rings is 1. The summed E-state index contributed by atoms with van der Waals surface area (Å²) < 4.78 is 45.4. The monoisotopic (exact) mass is 484 g/mol. The second kappa shape index (κ2) is 11.3. The van der Waals surface area contributed by atoms with Crippen LogP contribution in [0.4, 0.5) is 19.0 Å². The number of nitrogens with one attached hydrogen (secondary N) is 1. The Kier molecular flexibility index (Phi) is 8.72. The van der Waals surface area contributed by atoms with Gasteiger partial charge in [-0.1, -0.05) is 18.9 Å². The first-order valence-electron chi connectivity index (χ1n) is 10.4. The summed E-state index contributed by atoms with van der Waals surface area (Å²) in [5.41, 5.74) is 2.33. The van der Waals surface area contributed by atoms with E-state index in [1.807, 2.05) is 19.3 Å². The third-order valence-corrected chi connectivity index (χ3v) is 7.04. The zero-order chi connectivity index (χ0) is 23.1. The Labute approximate surface area is 194 Å². The fraction of sp³-hybridized carbons (Fsp3) is 0.500. The van der Waals surface area contributed by atoms with Crippen LogP contribution in [-0.2, 0) is 11.3 Å². The van der Waals surface area contributed by atoms with E-state index in [9.17, 15) is 13.2 Å². The fourth-order valence-corrected chi connectivity index (χ4v) is 5.36. The minimum atomic E-state index is -4.34. The number of pyridine rings is 1. The van der Waals surface area contributed by atoms with Gasteiger partial charge in [0.15, 0.2) is 6.10 Å². The maximum Gasteiger partial charge on any atom is 0.414 e. The third-order valence-electron chi connectivity index (χ3n) is 5.24. The maximum atomic E-state index is 13.4. The van der Waals surface area contributed by atoms with Crippen LogP contribution in [0.2, 0.25) is 0 Å². The largest absolute Gasteiger partial charge is 0.414 e. The number of aryl methyl sites for hydroxylation is 2. The lowest BCUT2D eigenvalue weighted by Crippen LogP contribution is -2.37. The van der Waals surface area contributed by atoms with Gasteiger partial charge in [0.25, 0.3) is 0 Å². The molecule has 2 heterocycles. The number of halogens is 3. The molecule has 0 radical (unpaired) electrons. The predicted molar refractivity (Wildman–Crippen MR) is 126 cm³/mol. The number of nitrogens with zero attached hydrogens (tertiary/aromatic N) is 3. The Morgan fingerprint density at radius 3 is 2.69 bits per heavy atom. The number of alkyl halides is 3. The Bertz CT molecular complexity index is 922. The number of ether oxygens (including phenoxy) is 1. The van der Waals surface area contributed by atoms with E-state index < -0.39 is 18.2 Å². The lowest BCUT2D eigenvalue weighted by Gasteiger charge is -2.26. The number of rotatable bonds is 10. The van der Waals surface area contributed by atoms with E-state index in [-0.39, 0.29) is 6.61 Å². The lowest BCUT2D eigenvalue weighted by atomic mass is 10.0. The summed E-state index contributed by atoms with van der Waals surface area (Å²) in [5.74, 6) is 0.744. The van der Waals surface area contributed by atoms with Gasteiger partial charge < -0.3 is 10.1 Å². The highest BCUT2D eigenvalue weighted by molar-refractivity contribution is 8.02. The first-order valence-corrected chi connectivity index (χ1v) is 12.2. The summed E-state index contributed by atoms with van der Waals surface area (Å²) >= 11 is 3.09. The van der Waals surface area contributed by atoms with Crippen LogP contribution >= 0.6 is 23.1 Å². The van der Waals surface area contributed by atoms with Crippen LogP contribution in [0.1, 0.15) is 46.8 Å². The normalized spacial score (nSPS) is 16.3. The first kappa shape index (κ1) is 24.7.